The lowest BCUT2D eigenvalue weighted by atomic mass is 10.2. The van der Waals surface area contributed by atoms with Gasteiger partial charge in [0.1, 0.15) is 0 Å². The van der Waals surface area contributed by atoms with Crippen molar-refractivity contribution in [2.24, 2.45) is 5.73 Å². The third kappa shape index (κ3) is 3.57. The maximum Gasteiger partial charge on any atom is 0.231 e. The van der Waals surface area contributed by atoms with Crippen LogP contribution in [-0.4, -0.2) is 12.5 Å². The molecule has 0 spiro atoms. The molecule has 0 bridgehead atoms. The predicted molar refractivity (Wildman–Crippen MR) is 55.0 cm³/mol. The highest BCUT2D eigenvalue weighted by Crippen LogP contribution is 2.14. The number of primary amides is 1. The smallest absolute Gasteiger partial charge is 0.231 e. The van der Waals surface area contributed by atoms with Crippen molar-refractivity contribution < 1.29 is 4.79 Å². The SMILES string of the molecule is NC(=O)CNCc1ccccc1Br. The Hall–Kier alpha value is -0.870. The molecule has 0 fully saturated rings. The summed E-state index contributed by atoms with van der Waals surface area (Å²) in [5.41, 5.74) is 6.10. The third-order valence-electron chi connectivity index (χ3n) is 1.57. The quantitative estimate of drug-likeness (QED) is 0.829. The van der Waals surface area contributed by atoms with Crippen LogP contribution in [0.3, 0.4) is 0 Å². The monoisotopic (exact) mass is 242 g/mol. The first-order chi connectivity index (χ1) is 6.20. The Bertz CT molecular complexity index is 301. The van der Waals surface area contributed by atoms with Crippen LogP contribution in [0.1, 0.15) is 5.56 Å². The number of benzene rings is 1. The Morgan fingerprint density at radius 2 is 2.15 bits per heavy atom. The molecule has 0 unspecified atom stereocenters. The van der Waals surface area contributed by atoms with Crippen LogP contribution in [0, 0.1) is 0 Å². The molecule has 13 heavy (non-hydrogen) atoms. The van der Waals surface area contributed by atoms with Crippen molar-refractivity contribution in [2.45, 2.75) is 6.54 Å². The lowest BCUT2D eigenvalue weighted by molar-refractivity contribution is -0.117. The lowest BCUT2D eigenvalue weighted by Gasteiger charge is -2.04. The summed E-state index contributed by atoms with van der Waals surface area (Å²) >= 11 is 3.41. The van der Waals surface area contributed by atoms with Gasteiger partial charge in [0.15, 0.2) is 0 Å². The zero-order valence-corrected chi connectivity index (χ0v) is 8.67. The van der Waals surface area contributed by atoms with Gasteiger partial charge in [-0.05, 0) is 11.6 Å². The molecule has 1 aromatic rings. The van der Waals surface area contributed by atoms with Crippen molar-refractivity contribution in [1.82, 2.24) is 5.32 Å². The molecule has 3 N–H and O–H groups in total. The summed E-state index contributed by atoms with van der Waals surface area (Å²) in [6, 6.07) is 7.84. The van der Waals surface area contributed by atoms with Gasteiger partial charge in [-0.2, -0.15) is 0 Å². The summed E-state index contributed by atoms with van der Waals surface area (Å²) in [6.07, 6.45) is 0. The van der Waals surface area contributed by atoms with Gasteiger partial charge in [-0.3, -0.25) is 4.79 Å². The van der Waals surface area contributed by atoms with Crippen molar-refractivity contribution in [2.75, 3.05) is 6.54 Å². The molecule has 3 nitrogen and oxygen atoms in total. The summed E-state index contributed by atoms with van der Waals surface area (Å²) in [5, 5.41) is 2.94. The van der Waals surface area contributed by atoms with Gasteiger partial charge in [0.05, 0.1) is 6.54 Å². The van der Waals surface area contributed by atoms with E-state index in [-0.39, 0.29) is 12.5 Å². The van der Waals surface area contributed by atoms with E-state index >= 15 is 0 Å². The second-order valence-corrected chi connectivity index (χ2v) is 3.52. The van der Waals surface area contributed by atoms with E-state index in [1.807, 2.05) is 24.3 Å². The zero-order valence-electron chi connectivity index (χ0n) is 7.09. The highest BCUT2D eigenvalue weighted by Gasteiger charge is 1.98. The van der Waals surface area contributed by atoms with E-state index < -0.39 is 0 Å². The Balaban J connectivity index is 2.45. The average molecular weight is 243 g/mol. The van der Waals surface area contributed by atoms with Gasteiger partial charge >= 0.3 is 0 Å². The maximum atomic E-state index is 10.4. The van der Waals surface area contributed by atoms with E-state index in [1.54, 1.807) is 0 Å². The van der Waals surface area contributed by atoms with Gasteiger partial charge in [0.2, 0.25) is 5.91 Å². The van der Waals surface area contributed by atoms with E-state index in [0.717, 1.165) is 10.0 Å². The van der Waals surface area contributed by atoms with Crippen LogP contribution >= 0.6 is 15.9 Å². The molecule has 0 aliphatic rings. The van der Waals surface area contributed by atoms with Gasteiger partial charge in [-0.1, -0.05) is 34.1 Å². The number of hydrogen-bond acceptors (Lipinski definition) is 2. The summed E-state index contributed by atoms with van der Waals surface area (Å²) in [4.78, 5) is 10.4. The Morgan fingerprint density at radius 3 is 2.77 bits per heavy atom. The van der Waals surface area contributed by atoms with E-state index in [2.05, 4.69) is 21.2 Å². The van der Waals surface area contributed by atoms with Gasteiger partial charge in [-0.15, -0.1) is 0 Å². The Labute approximate surface area is 85.4 Å². The topological polar surface area (TPSA) is 55.1 Å². The van der Waals surface area contributed by atoms with Gasteiger partial charge < -0.3 is 11.1 Å². The third-order valence-corrected chi connectivity index (χ3v) is 2.35. The van der Waals surface area contributed by atoms with Crippen LogP contribution in [0.25, 0.3) is 0 Å². The molecular formula is C9H11BrN2O. The van der Waals surface area contributed by atoms with Gasteiger partial charge in [0, 0.05) is 11.0 Å². The van der Waals surface area contributed by atoms with Gasteiger partial charge in [-0.25, -0.2) is 0 Å². The molecule has 4 heteroatoms. The maximum absolute atomic E-state index is 10.4. The second-order valence-electron chi connectivity index (χ2n) is 2.66. The first kappa shape index (κ1) is 10.2. The number of nitrogens with one attached hydrogen (secondary N) is 1. The Kier molecular flexibility index (Phi) is 3.92. The minimum Gasteiger partial charge on any atom is -0.369 e. The molecular weight excluding hydrogens is 232 g/mol. The van der Waals surface area contributed by atoms with Crippen LogP contribution in [0.5, 0.6) is 0 Å². The number of halogens is 1. The van der Waals surface area contributed by atoms with Crippen LogP contribution < -0.4 is 11.1 Å². The van der Waals surface area contributed by atoms with Crippen LogP contribution in [-0.2, 0) is 11.3 Å². The fourth-order valence-corrected chi connectivity index (χ4v) is 1.39. The summed E-state index contributed by atoms with van der Waals surface area (Å²) in [5.74, 6) is -0.341. The largest absolute Gasteiger partial charge is 0.369 e. The lowest BCUT2D eigenvalue weighted by Crippen LogP contribution is -2.28. The molecule has 0 saturated heterocycles. The molecule has 0 heterocycles. The average Bonchev–Trinajstić information content (AvgIpc) is 2.08. The number of amides is 1. The van der Waals surface area contributed by atoms with Crippen LogP contribution in [0.4, 0.5) is 0 Å². The van der Waals surface area contributed by atoms with Crippen molar-refractivity contribution >= 4 is 21.8 Å². The normalized spacial score (nSPS) is 9.92. The van der Waals surface area contributed by atoms with Gasteiger partial charge in [0.25, 0.3) is 0 Å². The number of rotatable bonds is 4. The molecule has 1 rings (SSSR count). The molecule has 1 amide bonds. The van der Waals surface area contributed by atoms with Crippen LogP contribution in [0.2, 0.25) is 0 Å². The van der Waals surface area contributed by atoms with E-state index in [9.17, 15) is 4.79 Å². The first-order valence-electron chi connectivity index (χ1n) is 3.92. The molecule has 0 saturated carbocycles. The standard InChI is InChI=1S/C9H11BrN2O/c10-8-4-2-1-3-7(8)5-12-6-9(11)13/h1-4,12H,5-6H2,(H2,11,13). The predicted octanol–water partition coefficient (Wildman–Crippen LogP) is 1.02. The molecule has 1 aromatic carbocycles. The summed E-state index contributed by atoms with van der Waals surface area (Å²) in [6.45, 7) is 0.853. The van der Waals surface area contributed by atoms with Crippen molar-refractivity contribution in [1.29, 1.82) is 0 Å². The van der Waals surface area contributed by atoms with Crippen LogP contribution in [0.15, 0.2) is 28.7 Å². The zero-order chi connectivity index (χ0) is 9.68. The molecule has 0 aliphatic carbocycles. The molecule has 0 radical (unpaired) electrons. The highest BCUT2D eigenvalue weighted by molar-refractivity contribution is 9.10. The number of nitrogens with two attached hydrogens (primary N) is 1. The highest BCUT2D eigenvalue weighted by atomic mass is 79.9. The number of carbonyl (C=O) groups is 1. The fraction of sp³-hybridized carbons (Fsp3) is 0.222. The summed E-state index contributed by atoms with van der Waals surface area (Å²) < 4.78 is 1.03. The van der Waals surface area contributed by atoms with E-state index in [0.29, 0.717) is 6.54 Å². The van der Waals surface area contributed by atoms with E-state index in [1.165, 1.54) is 0 Å². The minimum absolute atomic E-state index is 0.210. The Morgan fingerprint density at radius 1 is 1.46 bits per heavy atom. The van der Waals surface area contributed by atoms with Crippen molar-refractivity contribution in [3.63, 3.8) is 0 Å². The molecule has 0 aliphatic heterocycles. The van der Waals surface area contributed by atoms with Crippen molar-refractivity contribution in [3.05, 3.63) is 34.3 Å². The number of carbonyl (C=O) groups excluding carboxylic acids is 1. The molecule has 0 aromatic heterocycles. The molecule has 0 atom stereocenters. The molecule has 70 valence electrons. The second kappa shape index (κ2) is 4.99. The minimum atomic E-state index is -0.341. The first-order valence-corrected chi connectivity index (χ1v) is 4.72. The van der Waals surface area contributed by atoms with Crippen molar-refractivity contribution in [3.8, 4) is 0 Å². The number of hydrogen-bond donors (Lipinski definition) is 2. The van der Waals surface area contributed by atoms with E-state index in [4.69, 9.17) is 5.73 Å². The fourth-order valence-electron chi connectivity index (χ4n) is 0.962. The summed E-state index contributed by atoms with van der Waals surface area (Å²) in [7, 11) is 0.